The van der Waals surface area contributed by atoms with Crippen molar-refractivity contribution in [2.75, 3.05) is 13.1 Å². The highest BCUT2D eigenvalue weighted by atomic mass is 16.3. The van der Waals surface area contributed by atoms with Gasteiger partial charge in [0.05, 0.1) is 12.8 Å². The SMILES string of the molecule is Cc1ccoc1CNC1CCNCC1. The largest absolute Gasteiger partial charge is 0.468 e. The maximum absolute atomic E-state index is 5.38. The first kappa shape index (κ1) is 9.74. The van der Waals surface area contributed by atoms with Crippen LogP contribution < -0.4 is 10.6 Å². The molecule has 1 aromatic rings. The zero-order valence-electron chi connectivity index (χ0n) is 8.68. The Labute approximate surface area is 84.9 Å². The minimum atomic E-state index is 0.653. The van der Waals surface area contributed by atoms with Crippen LogP contribution in [0.5, 0.6) is 0 Å². The molecule has 0 bridgehead atoms. The maximum atomic E-state index is 5.38. The van der Waals surface area contributed by atoms with E-state index >= 15 is 0 Å². The summed E-state index contributed by atoms with van der Waals surface area (Å²) in [5.41, 5.74) is 1.24. The summed E-state index contributed by atoms with van der Waals surface area (Å²) in [6, 6.07) is 2.67. The van der Waals surface area contributed by atoms with Gasteiger partial charge in [-0.1, -0.05) is 0 Å². The number of nitrogens with one attached hydrogen (secondary N) is 2. The summed E-state index contributed by atoms with van der Waals surface area (Å²) < 4.78 is 5.38. The third-order valence-electron chi connectivity index (χ3n) is 2.86. The first-order chi connectivity index (χ1) is 6.86. The number of aryl methyl sites for hydroxylation is 1. The van der Waals surface area contributed by atoms with Gasteiger partial charge in [-0.05, 0) is 44.5 Å². The van der Waals surface area contributed by atoms with Crippen LogP contribution in [-0.4, -0.2) is 19.1 Å². The zero-order valence-corrected chi connectivity index (χ0v) is 8.68. The van der Waals surface area contributed by atoms with Crippen LogP contribution in [0.3, 0.4) is 0 Å². The average molecular weight is 194 g/mol. The molecule has 1 aromatic heterocycles. The Kier molecular flexibility index (Phi) is 3.22. The Bertz CT molecular complexity index is 277. The molecule has 0 spiro atoms. The minimum absolute atomic E-state index is 0.653. The highest BCUT2D eigenvalue weighted by Gasteiger charge is 2.12. The Morgan fingerprint density at radius 3 is 2.93 bits per heavy atom. The van der Waals surface area contributed by atoms with Crippen LogP contribution in [0.1, 0.15) is 24.2 Å². The fraction of sp³-hybridized carbons (Fsp3) is 0.636. The van der Waals surface area contributed by atoms with Gasteiger partial charge < -0.3 is 15.1 Å². The first-order valence-corrected chi connectivity index (χ1v) is 5.33. The lowest BCUT2D eigenvalue weighted by molar-refractivity contribution is 0.367. The summed E-state index contributed by atoms with van der Waals surface area (Å²) >= 11 is 0. The van der Waals surface area contributed by atoms with E-state index in [1.54, 1.807) is 6.26 Å². The molecule has 0 amide bonds. The number of hydrogen-bond donors (Lipinski definition) is 2. The molecule has 0 atom stereocenters. The summed E-state index contributed by atoms with van der Waals surface area (Å²) in [5, 5.41) is 6.89. The van der Waals surface area contributed by atoms with Crippen molar-refractivity contribution in [3.8, 4) is 0 Å². The van der Waals surface area contributed by atoms with Gasteiger partial charge in [-0.2, -0.15) is 0 Å². The molecule has 1 fully saturated rings. The number of hydrogen-bond acceptors (Lipinski definition) is 3. The lowest BCUT2D eigenvalue weighted by Crippen LogP contribution is -2.39. The van der Waals surface area contributed by atoms with Crippen LogP contribution in [0.15, 0.2) is 16.7 Å². The van der Waals surface area contributed by atoms with Gasteiger partial charge in [0.1, 0.15) is 5.76 Å². The predicted octanol–water partition coefficient (Wildman–Crippen LogP) is 1.43. The molecule has 2 heterocycles. The lowest BCUT2D eigenvalue weighted by atomic mass is 10.1. The van der Waals surface area contributed by atoms with E-state index in [4.69, 9.17) is 4.42 Å². The monoisotopic (exact) mass is 194 g/mol. The van der Waals surface area contributed by atoms with Crippen molar-refractivity contribution in [2.45, 2.75) is 32.4 Å². The molecule has 0 aliphatic carbocycles. The van der Waals surface area contributed by atoms with Crippen molar-refractivity contribution in [3.63, 3.8) is 0 Å². The highest BCUT2D eigenvalue weighted by Crippen LogP contribution is 2.10. The Morgan fingerprint density at radius 1 is 1.50 bits per heavy atom. The molecular weight excluding hydrogens is 176 g/mol. The van der Waals surface area contributed by atoms with E-state index < -0.39 is 0 Å². The van der Waals surface area contributed by atoms with Gasteiger partial charge >= 0.3 is 0 Å². The van der Waals surface area contributed by atoms with Gasteiger partial charge in [0.25, 0.3) is 0 Å². The second-order valence-electron chi connectivity index (χ2n) is 3.93. The third kappa shape index (κ3) is 2.36. The molecule has 14 heavy (non-hydrogen) atoms. The van der Waals surface area contributed by atoms with Crippen LogP contribution in [0.4, 0.5) is 0 Å². The number of furan rings is 1. The normalized spacial score (nSPS) is 18.6. The smallest absolute Gasteiger partial charge is 0.120 e. The van der Waals surface area contributed by atoms with Gasteiger partial charge in [-0.3, -0.25) is 0 Å². The summed E-state index contributed by atoms with van der Waals surface area (Å²) in [4.78, 5) is 0. The lowest BCUT2D eigenvalue weighted by Gasteiger charge is -2.23. The highest BCUT2D eigenvalue weighted by molar-refractivity contribution is 5.14. The Morgan fingerprint density at radius 2 is 2.29 bits per heavy atom. The molecule has 0 aromatic carbocycles. The van der Waals surface area contributed by atoms with E-state index in [-0.39, 0.29) is 0 Å². The summed E-state index contributed by atoms with van der Waals surface area (Å²) in [6.45, 7) is 5.22. The van der Waals surface area contributed by atoms with Crippen LogP contribution in [0, 0.1) is 6.92 Å². The van der Waals surface area contributed by atoms with Gasteiger partial charge in [-0.25, -0.2) is 0 Å². The molecule has 0 unspecified atom stereocenters. The van der Waals surface area contributed by atoms with Crippen LogP contribution in [-0.2, 0) is 6.54 Å². The average Bonchev–Trinajstić information content (AvgIpc) is 2.63. The molecule has 2 N–H and O–H groups in total. The van der Waals surface area contributed by atoms with Crippen molar-refractivity contribution < 1.29 is 4.42 Å². The van der Waals surface area contributed by atoms with Crippen molar-refractivity contribution in [1.29, 1.82) is 0 Å². The van der Waals surface area contributed by atoms with Gasteiger partial charge in [-0.15, -0.1) is 0 Å². The second-order valence-corrected chi connectivity index (χ2v) is 3.93. The van der Waals surface area contributed by atoms with Crippen molar-refractivity contribution in [1.82, 2.24) is 10.6 Å². The molecular formula is C11H18N2O. The Balaban J connectivity index is 1.79. The molecule has 2 rings (SSSR count). The van der Waals surface area contributed by atoms with Gasteiger partial charge in [0.2, 0.25) is 0 Å². The molecule has 0 saturated carbocycles. The van der Waals surface area contributed by atoms with E-state index in [0.29, 0.717) is 6.04 Å². The van der Waals surface area contributed by atoms with Crippen LogP contribution in [0.25, 0.3) is 0 Å². The summed E-state index contributed by atoms with van der Waals surface area (Å²) in [7, 11) is 0. The van der Waals surface area contributed by atoms with Crippen molar-refractivity contribution in [3.05, 3.63) is 23.7 Å². The van der Waals surface area contributed by atoms with Crippen LogP contribution in [0.2, 0.25) is 0 Å². The minimum Gasteiger partial charge on any atom is -0.468 e. The van der Waals surface area contributed by atoms with Crippen LogP contribution >= 0.6 is 0 Å². The van der Waals surface area contributed by atoms with E-state index in [1.807, 2.05) is 6.07 Å². The maximum Gasteiger partial charge on any atom is 0.120 e. The van der Waals surface area contributed by atoms with E-state index in [9.17, 15) is 0 Å². The summed E-state index contributed by atoms with van der Waals surface area (Å²) in [5.74, 6) is 1.07. The fourth-order valence-corrected chi connectivity index (χ4v) is 1.85. The second kappa shape index (κ2) is 4.62. The molecule has 0 radical (unpaired) electrons. The molecule has 1 aliphatic rings. The molecule has 1 aliphatic heterocycles. The van der Waals surface area contributed by atoms with Crippen molar-refractivity contribution >= 4 is 0 Å². The van der Waals surface area contributed by atoms with Gasteiger partial charge in [0, 0.05) is 6.04 Å². The standard InChI is InChI=1S/C11H18N2O/c1-9-4-7-14-11(9)8-13-10-2-5-12-6-3-10/h4,7,10,12-13H,2-3,5-6,8H2,1H3. The fourth-order valence-electron chi connectivity index (χ4n) is 1.85. The zero-order chi connectivity index (χ0) is 9.80. The molecule has 3 nitrogen and oxygen atoms in total. The number of piperidine rings is 1. The summed E-state index contributed by atoms with van der Waals surface area (Å²) in [6.07, 6.45) is 4.20. The van der Waals surface area contributed by atoms with E-state index in [1.165, 1.54) is 18.4 Å². The Hall–Kier alpha value is -0.800. The van der Waals surface area contributed by atoms with Crippen molar-refractivity contribution in [2.24, 2.45) is 0 Å². The topological polar surface area (TPSA) is 37.2 Å². The molecule has 1 saturated heterocycles. The third-order valence-corrected chi connectivity index (χ3v) is 2.86. The van der Waals surface area contributed by atoms with Gasteiger partial charge in [0.15, 0.2) is 0 Å². The molecule has 78 valence electrons. The van der Waals surface area contributed by atoms with E-state index in [2.05, 4.69) is 17.6 Å². The predicted molar refractivity (Wildman–Crippen MR) is 56.2 cm³/mol. The quantitative estimate of drug-likeness (QED) is 0.764. The first-order valence-electron chi connectivity index (χ1n) is 5.33. The number of rotatable bonds is 3. The molecule has 3 heteroatoms. The van der Waals surface area contributed by atoms with E-state index in [0.717, 1.165) is 25.4 Å².